The molecule has 0 bridgehead atoms. The normalized spacial score (nSPS) is 11.8. The van der Waals surface area contributed by atoms with E-state index in [4.69, 9.17) is 19.4 Å². The maximum absolute atomic E-state index is 7.06. The van der Waals surface area contributed by atoms with Crippen LogP contribution in [0.5, 0.6) is 0 Å². The van der Waals surface area contributed by atoms with Crippen LogP contribution in [-0.2, 0) is 0 Å². The van der Waals surface area contributed by atoms with Gasteiger partial charge in [-0.1, -0.05) is 152 Å². The third kappa shape index (κ3) is 4.80. The Morgan fingerprint density at radius 2 is 0.887 bits per heavy atom. The highest BCUT2D eigenvalue weighted by Gasteiger charge is 2.21. The van der Waals surface area contributed by atoms with Crippen LogP contribution in [0, 0.1) is 0 Å². The molecule has 0 radical (unpaired) electrons. The van der Waals surface area contributed by atoms with E-state index >= 15 is 0 Å². The molecule has 2 heterocycles. The van der Waals surface area contributed by atoms with Gasteiger partial charge in [0.2, 0.25) is 0 Å². The van der Waals surface area contributed by atoms with Crippen molar-refractivity contribution in [3.05, 3.63) is 176 Å². The summed E-state index contributed by atoms with van der Waals surface area (Å²) in [6, 6.07) is 61.7. The monoisotopic (exact) mass is 675 g/mol. The zero-order valence-corrected chi connectivity index (χ0v) is 28.5. The third-order valence-corrected chi connectivity index (χ3v) is 10.5. The van der Waals surface area contributed by atoms with Crippen LogP contribution in [0.3, 0.4) is 0 Å². The van der Waals surface area contributed by atoms with Crippen molar-refractivity contribution in [2.24, 2.45) is 0 Å². The lowest BCUT2D eigenvalue weighted by molar-refractivity contribution is 0.671. The van der Waals surface area contributed by atoms with Crippen LogP contribution in [0.2, 0.25) is 0 Å². The molecular weight excluding hydrogens is 647 g/mol. The van der Waals surface area contributed by atoms with E-state index in [0.717, 1.165) is 65.9 Å². The van der Waals surface area contributed by atoms with Crippen molar-refractivity contribution in [2.75, 3.05) is 0 Å². The molecule has 2 aromatic heterocycles. The van der Waals surface area contributed by atoms with Crippen LogP contribution < -0.4 is 0 Å². The first kappa shape index (κ1) is 29.5. The summed E-state index contributed by atoms with van der Waals surface area (Å²) in [7, 11) is 0. The van der Waals surface area contributed by atoms with Gasteiger partial charge >= 0.3 is 0 Å². The molecule has 246 valence electrons. The van der Waals surface area contributed by atoms with E-state index in [1.807, 2.05) is 30.3 Å². The lowest BCUT2D eigenvalue weighted by Gasteiger charge is -2.11. The Morgan fingerprint density at radius 1 is 0.302 bits per heavy atom. The molecule has 0 spiro atoms. The van der Waals surface area contributed by atoms with Gasteiger partial charge < -0.3 is 4.42 Å². The van der Waals surface area contributed by atoms with Crippen LogP contribution in [0.15, 0.2) is 180 Å². The number of hydrogen-bond donors (Lipinski definition) is 0. The summed E-state index contributed by atoms with van der Waals surface area (Å²) in [6.45, 7) is 0. The second kappa shape index (κ2) is 11.7. The summed E-state index contributed by atoms with van der Waals surface area (Å²) in [4.78, 5) is 15.2. The van der Waals surface area contributed by atoms with Crippen LogP contribution in [0.1, 0.15) is 0 Å². The van der Waals surface area contributed by atoms with Crippen molar-refractivity contribution < 1.29 is 4.42 Å². The van der Waals surface area contributed by atoms with Gasteiger partial charge in [-0.05, 0) is 72.9 Å². The van der Waals surface area contributed by atoms with E-state index in [-0.39, 0.29) is 0 Å². The minimum absolute atomic E-state index is 0.565. The van der Waals surface area contributed by atoms with Crippen molar-refractivity contribution in [1.29, 1.82) is 0 Å². The number of aromatic nitrogens is 3. The molecule has 11 aromatic rings. The number of hydrogen-bond acceptors (Lipinski definition) is 4. The van der Waals surface area contributed by atoms with Crippen LogP contribution in [-0.4, -0.2) is 15.0 Å². The summed E-state index contributed by atoms with van der Waals surface area (Å²) < 4.78 is 7.06. The van der Waals surface area contributed by atoms with E-state index < -0.39 is 0 Å². The Bertz CT molecular complexity index is 3240. The van der Waals surface area contributed by atoms with E-state index in [0.29, 0.717) is 17.5 Å². The highest BCUT2D eigenvalue weighted by atomic mass is 16.3. The highest BCUT2D eigenvalue weighted by molar-refractivity contribution is 6.20. The average molecular weight is 676 g/mol. The smallest absolute Gasteiger partial charge is 0.167 e. The lowest BCUT2D eigenvalue weighted by Crippen LogP contribution is -2.00. The Kier molecular flexibility index (Phi) is 6.52. The molecule has 0 saturated carbocycles. The fourth-order valence-corrected chi connectivity index (χ4v) is 7.90. The summed E-state index contributed by atoms with van der Waals surface area (Å²) in [5.41, 5.74) is 6.46. The van der Waals surface area contributed by atoms with E-state index in [1.165, 1.54) is 26.9 Å². The molecule has 0 aliphatic carbocycles. The maximum atomic E-state index is 7.06. The predicted molar refractivity (Wildman–Crippen MR) is 219 cm³/mol. The number of rotatable bonds is 4. The number of nitrogens with zero attached hydrogens (tertiary/aromatic N) is 3. The van der Waals surface area contributed by atoms with E-state index in [9.17, 15) is 0 Å². The molecule has 4 nitrogen and oxygen atoms in total. The molecule has 0 unspecified atom stereocenters. The molecule has 0 saturated heterocycles. The lowest BCUT2D eigenvalue weighted by atomic mass is 9.92. The summed E-state index contributed by atoms with van der Waals surface area (Å²) >= 11 is 0. The Balaban J connectivity index is 1.16. The fraction of sp³-hybridized carbons (Fsp3) is 0. The molecule has 9 aromatic carbocycles. The Labute approximate surface area is 304 Å². The van der Waals surface area contributed by atoms with Crippen LogP contribution in [0.25, 0.3) is 110 Å². The molecule has 4 heteroatoms. The first-order chi connectivity index (χ1) is 26.2. The number of benzene rings is 9. The zero-order valence-electron chi connectivity index (χ0n) is 28.5. The van der Waals surface area contributed by atoms with E-state index in [1.54, 1.807) is 0 Å². The standard InChI is InChI=1S/C49H29N3O/c1-2-13-32(14-3-1)47-50-48(37-24-21-30-11-4-5-15-33(30)27-37)52-49(51-47)42-20-10-19-41-43-29-34-16-7-9-18-40(34)44(46(43)53-45(41)42)36-25-26-39-35(28-36)23-22-31-12-6-8-17-38(31)39/h1-29H. The van der Waals surface area contributed by atoms with Gasteiger partial charge in [-0.25, -0.2) is 15.0 Å². The second-order valence-electron chi connectivity index (χ2n) is 13.6. The van der Waals surface area contributed by atoms with Crippen molar-refractivity contribution in [1.82, 2.24) is 15.0 Å². The predicted octanol–water partition coefficient (Wildman–Crippen LogP) is 13.1. The van der Waals surface area contributed by atoms with Crippen LogP contribution >= 0.6 is 0 Å². The van der Waals surface area contributed by atoms with Gasteiger partial charge in [0, 0.05) is 27.5 Å². The molecule has 0 aliphatic heterocycles. The average Bonchev–Trinajstić information content (AvgIpc) is 3.60. The third-order valence-electron chi connectivity index (χ3n) is 10.5. The molecule has 0 fully saturated rings. The zero-order chi connectivity index (χ0) is 34.9. The maximum Gasteiger partial charge on any atom is 0.167 e. The summed E-state index contributed by atoms with van der Waals surface area (Å²) in [5.74, 6) is 1.79. The second-order valence-corrected chi connectivity index (χ2v) is 13.6. The van der Waals surface area contributed by atoms with Crippen LogP contribution in [0.4, 0.5) is 0 Å². The molecule has 0 amide bonds. The molecule has 0 N–H and O–H groups in total. The van der Waals surface area contributed by atoms with E-state index in [2.05, 4.69) is 146 Å². The molecular formula is C49H29N3O. The number of fused-ring (bicyclic) bond motifs is 8. The molecule has 53 heavy (non-hydrogen) atoms. The van der Waals surface area contributed by atoms with Crippen molar-refractivity contribution in [3.63, 3.8) is 0 Å². The van der Waals surface area contributed by atoms with Gasteiger partial charge in [-0.15, -0.1) is 0 Å². The fourth-order valence-electron chi connectivity index (χ4n) is 7.90. The topological polar surface area (TPSA) is 51.8 Å². The highest BCUT2D eigenvalue weighted by Crippen LogP contribution is 2.44. The van der Waals surface area contributed by atoms with Gasteiger partial charge in [0.05, 0.1) is 5.56 Å². The largest absolute Gasteiger partial charge is 0.455 e. The van der Waals surface area contributed by atoms with Gasteiger partial charge in [-0.3, -0.25) is 0 Å². The van der Waals surface area contributed by atoms with Crippen molar-refractivity contribution in [2.45, 2.75) is 0 Å². The van der Waals surface area contributed by atoms with Gasteiger partial charge in [0.15, 0.2) is 17.5 Å². The quantitative estimate of drug-likeness (QED) is 0.174. The van der Waals surface area contributed by atoms with Crippen molar-refractivity contribution >= 4 is 65.0 Å². The molecule has 0 atom stereocenters. The Hall–Kier alpha value is -7.17. The van der Waals surface area contributed by atoms with Crippen molar-refractivity contribution in [3.8, 4) is 45.3 Å². The van der Waals surface area contributed by atoms with Gasteiger partial charge in [-0.2, -0.15) is 0 Å². The molecule has 11 rings (SSSR count). The minimum atomic E-state index is 0.565. The Morgan fingerprint density at radius 3 is 1.75 bits per heavy atom. The number of furan rings is 1. The SMILES string of the molecule is c1ccc(-c2nc(-c3ccc4ccccc4c3)nc(-c3cccc4c3oc3c(-c5ccc6c(ccc7ccccc76)c5)c5ccccc5cc34)n2)cc1. The summed E-state index contributed by atoms with van der Waals surface area (Å²) in [5, 5.41) is 11.6. The minimum Gasteiger partial charge on any atom is -0.455 e. The summed E-state index contributed by atoms with van der Waals surface area (Å²) in [6.07, 6.45) is 0. The first-order valence-corrected chi connectivity index (χ1v) is 17.9. The van der Waals surface area contributed by atoms with Gasteiger partial charge in [0.25, 0.3) is 0 Å². The van der Waals surface area contributed by atoms with Gasteiger partial charge in [0.1, 0.15) is 11.2 Å². The first-order valence-electron chi connectivity index (χ1n) is 17.9. The number of para-hydroxylation sites is 1. The molecule has 0 aliphatic rings.